The van der Waals surface area contributed by atoms with Crippen LogP contribution in [0.3, 0.4) is 0 Å². The van der Waals surface area contributed by atoms with E-state index in [1.54, 1.807) is 31.4 Å². The molecule has 212 valence electrons. The molecule has 2 aromatic carbocycles. The maximum Gasteiger partial charge on any atom is 0.459 e. The Bertz CT molecular complexity index is 1370. The third-order valence-electron chi connectivity index (χ3n) is 5.58. The van der Waals surface area contributed by atoms with E-state index < -0.39 is 50.2 Å². The summed E-state index contributed by atoms with van der Waals surface area (Å²) in [5, 5.41) is 3.92. The molecule has 4 atom stereocenters. The molecule has 1 fully saturated rings. The normalized spacial score (nSPS) is 20.3. The maximum absolute atomic E-state index is 14.6. The smallest absolute Gasteiger partial charge is 0.413 e. The van der Waals surface area contributed by atoms with E-state index in [1.165, 1.54) is 0 Å². The minimum atomic E-state index is -4.09. The van der Waals surface area contributed by atoms with Crippen LogP contribution >= 0.6 is 7.75 Å². The Labute approximate surface area is 223 Å². The van der Waals surface area contributed by atoms with Crippen molar-refractivity contribution < 1.29 is 36.7 Å². The fraction of sp³-hybridized carbons (Fsp3) is 0.400. The van der Waals surface area contributed by atoms with E-state index in [4.69, 9.17) is 24.3 Å². The van der Waals surface area contributed by atoms with Crippen molar-refractivity contribution in [2.75, 3.05) is 26.0 Å². The van der Waals surface area contributed by atoms with Crippen molar-refractivity contribution in [2.45, 2.75) is 44.9 Å². The number of hydrogen-bond acceptors (Lipinski definition) is 9. The molecule has 0 spiro atoms. The Kier molecular flexibility index (Phi) is 10.7. The van der Waals surface area contributed by atoms with Crippen LogP contribution in [0.2, 0.25) is 0 Å². The van der Waals surface area contributed by atoms with E-state index in [0.717, 1.165) is 5.39 Å². The summed E-state index contributed by atoms with van der Waals surface area (Å²) < 4.78 is 63.7. The lowest BCUT2D eigenvalue weighted by Crippen LogP contribution is -2.31. The van der Waals surface area contributed by atoms with Gasteiger partial charge in [-0.15, -0.1) is 0 Å². The Morgan fingerprint density at radius 3 is 2.67 bits per heavy atom. The van der Waals surface area contributed by atoms with Gasteiger partial charge in [0.15, 0.2) is 17.9 Å². The van der Waals surface area contributed by atoms with Crippen LogP contribution < -0.4 is 21.0 Å². The Hall–Kier alpha value is -3.22. The van der Waals surface area contributed by atoms with Crippen molar-refractivity contribution in [3.05, 3.63) is 65.0 Å². The molecule has 14 heteroatoms. The summed E-state index contributed by atoms with van der Waals surface area (Å²) in [4.78, 5) is 26.1. The van der Waals surface area contributed by atoms with Crippen LogP contribution in [0.15, 0.2) is 53.5 Å². The average Bonchev–Trinajstić information content (AvgIpc) is 3.29. The largest absolute Gasteiger partial charge is 0.459 e. The highest BCUT2D eigenvalue weighted by atomic mass is 31.2. The molecule has 1 aromatic heterocycles. The van der Waals surface area contributed by atoms with Crippen LogP contribution in [0, 0.1) is 5.82 Å². The first kappa shape index (κ1) is 30.3. The standard InChI is InChI=1S/C21H21F2N4O6P.C4H10O/c22-16-10-14(32-20(16)27-11-17(23)19(24)26-21(27)29)12-31-34(30,25-8-9-28)33-18-7-3-5-13-4-1-2-6-15(13)18;1-4(2)5-3/h1-7,9,11,14,16,20H,8,10,12H2,(H,25,30)(H2,24,26,29);4H,1-3H3. The molecule has 4 rings (SSSR count). The Morgan fingerprint density at radius 2 is 1.97 bits per heavy atom. The molecular weight excluding hydrogens is 537 g/mol. The first-order valence-electron chi connectivity index (χ1n) is 12.0. The second kappa shape index (κ2) is 13.7. The molecular formula is C25H31F2N4O7P. The highest BCUT2D eigenvalue weighted by Crippen LogP contribution is 2.46. The molecule has 0 radical (unpaired) electrons. The fourth-order valence-electron chi connectivity index (χ4n) is 3.53. The number of aldehydes is 1. The summed E-state index contributed by atoms with van der Waals surface area (Å²) in [6, 6.07) is 12.4. The summed E-state index contributed by atoms with van der Waals surface area (Å²) in [6.45, 7) is 3.28. The summed E-state index contributed by atoms with van der Waals surface area (Å²) in [6.07, 6.45) is -2.76. The highest BCUT2D eigenvalue weighted by molar-refractivity contribution is 7.52. The number of alkyl halides is 1. The van der Waals surface area contributed by atoms with Gasteiger partial charge in [0.2, 0.25) is 0 Å². The van der Waals surface area contributed by atoms with Gasteiger partial charge in [-0.1, -0.05) is 36.4 Å². The van der Waals surface area contributed by atoms with E-state index in [0.29, 0.717) is 28.5 Å². The number of hydrogen-bond donors (Lipinski definition) is 2. The second-order valence-corrected chi connectivity index (χ2v) is 10.5. The second-order valence-electron chi connectivity index (χ2n) is 8.74. The molecule has 4 unspecified atom stereocenters. The van der Waals surface area contributed by atoms with E-state index in [1.807, 2.05) is 32.0 Å². The molecule has 1 aliphatic rings. The van der Waals surface area contributed by atoms with Crippen molar-refractivity contribution >= 4 is 30.6 Å². The fourth-order valence-corrected chi connectivity index (χ4v) is 4.82. The van der Waals surface area contributed by atoms with Crippen LogP contribution in [-0.2, 0) is 23.4 Å². The lowest BCUT2D eigenvalue weighted by atomic mass is 10.1. The molecule has 3 aromatic rings. The number of anilines is 1. The molecule has 0 aliphatic carbocycles. The van der Waals surface area contributed by atoms with Crippen molar-refractivity contribution in [2.24, 2.45) is 0 Å². The van der Waals surface area contributed by atoms with Crippen molar-refractivity contribution in [3.8, 4) is 5.75 Å². The van der Waals surface area contributed by atoms with E-state index in [9.17, 15) is 22.9 Å². The first-order valence-corrected chi connectivity index (χ1v) is 13.6. The molecule has 11 nitrogen and oxygen atoms in total. The topological polar surface area (TPSA) is 144 Å². The monoisotopic (exact) mass is 568 g/mol. The maximum atomic E-state index is 14.6. The number of carbonyl (C=O) groups is 1. The van der Waals surface area contributed by atoms with E-state index in [2.05, 4.69) is 10.1 Å². The van der Waals surface area contributed by atoms with Crippen LogP contribution in [0.1, 0.15) is 26.5 Å². The zero-order valence-corrected chi connectivity index (χ0v) is 22.6. The summed E-state index contributed by atoms with van der Waals surface area (Å²) in [5.74, 6) is -1.35. The predicted octanol–water partition coefficient (Wildman–Crippen LogP) is 3.78. The van der Waals surface area contributed by atoms with E-state index in [-0.39, 0.29) is 18.7 Å². The van der Waals surface area contributed by atoms with Gasteiger partial charge in [-0.25, -0.2) is 23.2 Å². The average molecular weight is 569 g/mol. The number of aromatic nitrogens is 2. The number of fused-ring (bicyclic) bond motifs is 1. The minimum absolute atomic E-state index is 0.231. The minimum Gasteiger partial charge on any atom is -0.413 e. The molecule has 0 amide bonds. The molecule has 3 N–H and O–H groups in total. The van der Waals surface area contributed by atoms with Crippen molar-refractivity contribution in [1.29, 1.82) is 0 Å². The molecule has 1 saturated heterocycles. The zero-order chi connectivity index (χ0) is 28.6. The van der Waals surface area contributed by atoms with Gasteiger partial charge in [-0.3, -0.25) is 9.09 Å². The lowest BCUT2D eigenvalue weighted by molar-refractivity contribution is -0.107. The lowest BCUT2D eigenvalue weighted by Gasteiger charge is -2.22. The van der Waals surface area contributed by atoms with Gasteiger partial charge < -0.3 is 24.5 Å². The number of nitrogens with one attached hydrogen (secondary N) is 1. The van der Waals surface area contributed by atoms with Gasteiger partial charge in [-0.2, -0.15) is 4.98 Å². The van der Waals surface area contributed by atoms with Crippen LogP contribution in [0.25, 0.3) is 10.8 Å². The Balaban J connectivity index is 0.000000771. The van der Waals surface area contributed by atoms with Gasteiger partial charge in [0.1, 0.15) is 18.2 Å². The van der Waals surface area contributed by atoms with Gasteiger partial charge >= 0.3 is 13.4 Å². The van der Waals surface area contributed by atoms with Crippen molar-refractivity contribution in [3.63, 3.8) is 0 Å². The van der Waals surface area contributed by atoms with Gasteiger partial charge in [0, 0.05) is 18.9 Å². The number of ether oxygens (including phenoxy) is 2. The van der Waals surface area contributed by atoms with E-state index >= 15 is 0 Å². The molecule has 39 heavy (non-hydrogen) atoms. The third-order valence-corrected chi connectivity index (χ3v) is 7.07. The van der Waals surface area contributed by atoms with Gasteiger partial charge in [0.05, 0.1) is 31.6 Å². The SMILES string of the molecule is COC(C)C.Nc1nc(=O)n(C2OC(COP(=O)(NCC=O)Oc3cccc4ccccc34)CC2F)cc1F. The molecule has 2 heterocycles. The summed E-state index contributed by atoms with van der Waals surface area (Å²) in [7, 11) is -2.39. The quantitative estimate of drug-likeness (QED) is 0.274. The van der Waals surface area contributed by atoms with Crippen LogP contribution in [-0.4, -0.2) is 54.5 Å². The molecule has 1 aliphatic heterocycles. The number of nitrogens with two attached hydrogens (primary N) is 1. The number of rotatable bonds is 10. The number of benzene rings is 2. The number of carbonyl (C=O) groups excluding carboxylic acids is 1. The number of nitrogen functional groups attached to an aromatic ring is 1. The number of methoxy groups -OCH3 is 1. The van der Waals surface area contributed by atoms with Gasteiger partial charge in [0.25, 0.3) is 0 Å². The zero-order valence-electron chi connectivity index (χ0n) is 21.7. The predicted molar refractivity (Wildman–Crippen MR) is 141 cm³/mol. The summed E-state index contributed by atoms with van der Waals surface area (Å²) in [5.41, 5.74) is 4.27. The third kappa shape index (κ3) is 8.13. The Morgan fingerprint density at radius 1 is 1.28 bits per heavy atom. The highest BCUT2D eigenvalue weighted by Gasteiger charge is 2.39. The number of halogens is 2. The number of nitrogens with zero attached hydrogens (tertiary/aromatic N) is 2. The first-order chi connectivity index (χ1) is 18.6. The van der Waals surface area contributed by atoms with Crippen molar-refractivity contribution in [1.82, 2.24) is 14.6 Å². The van der Waals surface area contributed by atoms with Crippen LogP contribution in [0.4, 0.5) is 14.6 Å². The molecule has 0 saturated carbocycles. The van der Waals surface area contributed by atoms with Gasteiger partial charge in [-0.05, 0) is 25.3 Å². The molecule has 0 bridgehead atoms. The summed E-state index contributed by atoms with van der Waals surface area (Å²) >= 11 is 0. The van der Waals surface area contributed by atoms with Crippen LogP contribution in [0.5, 0.6) is 5.75 Å².